The summed E-state index contributed by atoms with van der Waals surface area (Å²) in [7, 11) is 0. The lowest BCUT2D eigenvalue weighted by atomic mass is 10.0. The predicted octanol–water partition coefficient (Wildman–Crippen LogP) is 19.1. The van der Waals surface area contributed by atoms with Gasteiger partial charge in [0.05, 0.1) is 0 Å². The van der Waals surface area contributed by atoms with E-state index in [2.05, 4.69) is 45.1 Å². The highest BCUT2D eigenvalue weighted by Gasteiger charge is 2.19. The molecule has 0 amide bonds. The van der Waals surface area contributed by atoms with Crippen LogP contribution in [0.2, 0.25) is 0 Å². The first-order chi connectivity index (χ1) is 32.0. The van der Waals surface area contributed by atoms with Crippen LogP contribution in [0.1, 0.15) is 316 Å². The molecule has 0 N–H and O–H groups in total. The Bertz CT molecular complexity index is 1050. The van der Waals surface area contributed by atoms with Gasteiger partial charge < -0.3 is 14.2 Å². The highest BCUT2D eigenvalue weighted by molar-refractivity contribution is 5.71. The van der Waals surface area contributed by atoms with Crippen molar-refractivity contribution in [1.82, 2.24) is 0 Å². The van der Waals surface area contributed by atoms with Crippen LogP contribution in [0.5, 0.6) is 0 Å². The lowest BCUT2D eigenvalue weighted by Crippen LogP contribution is -2.30. The lowest BCUT2D eigenvalue weighted by Gasteiger charge is -2.18. The van der Waals surface area contributed by atoms with Crippen molar-refractivity contribution >= 4 is 17.9 Å². The Morgan fingerprint density at radius 2 is 0.508 bits per heavy atom. The Balaban J connectivity index is 4.31. The molecule has 0 bridgehead atoms. The standard InChI is InChI=1S/C59H110O6/c1-4-7-10-13-16-19-22-25-27-28-29-30-32-34-37-40-43-46-49-52-58(61)64-55-56(54-63-57(60)51-48-45-42-39-36-33-24-21-18-15-12-9-6-3)65-59(62)53-50-47-44-41-38-35-31-26-23-20-17-14-11-8-5-2/h20,23,25,27,56H,4-19,21-22,24,26,28-55H2,1-3H3/b23-20-,27-25-/t56-/m0/s1. The molecule has 0 aliphatic carbocycles. The largest absolute Gasteiger partial charge is 0.462 e. The number of esters is 3. The quantitative estimate of drug-likeness (QED) is 0.0262. The van der Waals surface area contributed by atoms with Crippen molar-refractivity contribution in [3.05, 3.63) is 24.3 Å². The number of hydrogen-bond acceptors (Lipinski definition) is 6. The Morgan fingerprint density at radius 1 is 0.292 bits per heavy atom. The molecule has 65 heavy (non-hydrogen) atoms. The predicted molar refractivity (Wildman–Crippen MR) is 279 cm³/mol. The summed E-state index contributed by atoms with van der Waals surface area (Å²) < 4.78 is 16.9. The van der Waals surface area contributed by atoms with E-state index in [1.54, 1.807) is 0 Å². The molecule has 0 radical (unpaired) electrons. The third-order valence-electron chi connectivity index (χ3n) is 12.9. The van der Waals surface area contributed by atoms with Gasteiger partial charge in [0.1, 0.15) is 13.2 Å². The van der Waals surface area contributed by atoms with E-state index in [9.17, 15) is 14.4 Å². The van der Waals surface area contributed by atoms with Crippen molar-refractivity contribution in [3.63, 3.8) is 0 Å². The Kier molecular flexibility index (Phi) is 52.7. The first-order valence-electron chi connectivity index (χ1n) is 28.8. The number of carbonyl (C=O) groups excluding carboxylic acids is 3. The van der Waals surface area contributed by atoms with Crippen molar-refractivity contribution < 1.29 is 28.6 Å². The molecule has 1 atom stereocenters. The molecule has 382 valence electrons. The van der Waals surface area contributed by atoms with Crippen LogP contribution >= 0.6 is 0 Å². The average Bonchev–Trinajstić information content (AvgIpc) is 3.30. The molecule has 0 aromatic carbocycles. The normalized spacial score (nSPS) is 12.1. The molecule has 0 saturated heterocycles. The molecular formula is C59H110O6. The average molecular weight is 916 g/mol. The molecule has 0 heterocycles. The van der Waals surface area contributed by atoms with Crippen LogP contribution in [0.15, 0.2) is 24.3 Å². The number of allylic oxidation sites excluding steroid dienone is 4. The zero-order chi connectivity index (χ0) is 47.2. The highest BCUT2D eigenvalue weighted by Crippen LogP contribution is 2.16. The zero-order valence-corrected chi connectivity index (χ0v) is 43.8. The second-order valence-electron chi connectivity index (χ2n) is 19.6. The molecule has 0 aromatic heterocycles. The fraction of sp³-hybridized carbons (Fsp3) is 0.881. The summed E-state index contributed by atoms with van der Waals surface area (Å²) in [4.78, 5) is 38.1. The maximum atomic E-state index is 12.8. The summed E-state index contributed by atoms with van der Waals surface area (Å²) >= 11 is 0. The molecule has 0 aliphatic heterocycles. The molecule has 0 fully saturated rings. The van der Waals surface area contributed by atoms with Gasteiger partial charge >= 0.3 is 17.9 Å². The summed E-state index contributed by atoms with van der Waals surface area (Å²) in [5, 5.41) is 0. The summed E-state index contributed by atoms with van der Waals surface area (Å²) in [5.41, 5.74) is 0. The third kappa shape index (κ3) is 52.7. The molecular weight excluding hydrogens is 805 g/mol. The van der Waals surface area contributed by atoms with Crippen LogP contribution in [-0.2, 0) is 28.6 Å². The van der Waals surface area contributed by atoms with Crippen molar-refractivity contribution in [2.75, 3.05) is 13.2 Å². The van der Waals surface area contributed by atoms with Gasteiger partial charge in [0, 0.05) is 19.3 Å². The van der Waals surface area contributed by atoms with Crippen LogP contribution in [0.3, 0.4) is 0 Å². The van der Waals surface area contributed by atoms with Gasteiger partial charge in [-0.05, 0) is 70.6 Å². The molecule has 0 aromatic rings. The molecule has 0 unspecified atom stereocenters. The fourth-order valence-electron chi connectivity index (χ4n) is 8.55. The van der Waals surface area contributed by atoms with Crippen molar-refractivity contribution in [2.24, 2.45) is 0 Å². The Hall–Kier alpha value is -2.11. The number of unbranched alkanes of at least 4 members (excludes halogenated alkanes) is 38. The number of hydrogen-bond donors (Lipinski definition) is 0. The summed E-state index contributed by atoms with van der Waals surface area (Å²) in [5.74, 6) is -0.857. The van der Waals surface area contributed by atoms with Crippen molar-refractivity contribution in [3.8, 4) is 0 Å². The smallest absolute Gasteiger partial charge is 0.306 e. The number of rotatable bonds is 53. The van der Waals surface area contributed by atoms with Gasteiger partial charge in [-0.25, -0.2) is 0 Å². The van der Waals surface area contributed by atoms with Gasteiger partial charge in [-0.15, -0.1) is 0 Å². The molecule has 0 aliphatic rings. The van der Waals surface area contributed by atoms with Gasteiger partial charge in [-0.1, -0.05) is 251 Å². The highest BCUT2D eigenvalue weighted by atomic mass is 16.6. The van der Waals surface area contributed by atoms with Crippen molar-refractivity contribution in [2.45, 2.75) is 322 Å². The molecule has 0 rings (SSSR count). The van der Waals surface area contributed by atoms with E-state index in [0.29, 0.717) is 19.3 Å². The van der Waals surface area contributed by atoms with Crippen LogP contribution in [-0.4, -0.2) is 37.2 Å². The number of ether oxygens (including phenoxy) is 3. The van der Waals surface area contributed by atoms with Gasteiger partial charge in [0.15, 0.2) is 6.10 Å². The SMILES string of the molecule is CCCCCC/C=C\CCCCCCCCCC(=O)O[C@H](COC(=O)CCCCCCCCCCC/C=C\CCCCCCCC)COC(=O)CCCCCCCCCCCCCCC. The van der Waals surface area contributed by atoms with E-state index >= 15 is 0 Å². The van der Waals surface area contributed by atoms with Crippen LogP contribution in [0.25, 0.3) is 0 Å². The fourth-order valence-corrected chi connectivity index (χ4v) is 8.55. The molecule has 0 saturated carbocycles. The second kappa shape index (κ2) is 54.5. The van der Waals surface area contributed by atoms with E-state index in [1.165, 1.54) is 218 Å². The monoisotopic (exact) mass is 915 g/mol. The van der Waals surface area contributed by atoms with Gasteiger partial charge in [-0.3, -0.25) is 14.4 Å². The maximum absolute atomic E-state index is 12.8. The first-order valence-corrected chi connectivity index (χ1v) is 28.8. The third-order valence-corrected chi connectivity index (χ3v) is 12.9. The summed E-state index contributed by atoms with van der Waals surface area (Å²) in [6.45, 7) is 6.66. The summed E-state index contributed by atoms with van der Waals surface area (Å²) in [6, 6.07) is 0. The van der Waals surface area contributed by atoms with Gasteiger partial charge in [0.25, 0.3) is 0 Å². The van der Waals surface area contributed by atoms with E-state index in [0.717, 1.165) is 57.8 Å². The van der Waals surface area contributed by atoms with E-state index in [-0.39, 0.29) is 31.1 Å². The zero-order valence-electron chi connectivity index (χ0n) is 43.8. The minimum Gasteiger partial charge on any atom is -0.462 e. The van der Waals surface area contributed by atoms with Crippen molar-refractivity contribution in [1.29, 1.82) is 0 Å². The molecule has 6 heteroatoms. The van der Waals surface area contributed by atoms with Crippen LogP contribution in [0, 0.1) is 0 Å². The minimum absolute atomic E-state index is 0.0691. The van der Waals surface area contributed by atoms with Gasteiger partial charge in [-0.2, -0.15) is 0 Å². The van der Waals surface area contributed by atoms with E-state index < -0.39 is 6.10 Å². The Labute approximate surface area is 404 Å². The van der Waals surface area contributed by atoms with E-state index in [1.807, 2.05) is 0 Å². The minimum atomic E-state index is -0.770. The molecule has 0 spiro atoms. The topological polar surface area (TPSA) is 78.9 Å². The molecule has 6 nitrogen and oxygen atoms in total. The maximum Gasteiger partial charge on any atom is 0.306 e. The van der Waals surface area contributed by atoms with Crippen LogP contribution in [0.4, 0.5) is 0 Å². The van der Waals surface area contributed by atoms with Crippen LogP contribution < -0.4 is 0 Å². The lowest BCUT2D eigenvalue weighted by molar-refractivity contribution is -0.167. The second-order valence-corrected chi connectivity index (χ2v) is 19.6. The van der Waals surface area contributed by atoms with E-state index in [4.69, 9.17) is 14.2 Å². The number of carbonyl (C=O) groups is 3. The first kappa shape index (κ1) is 62.9. The Morgan fingerprint density at radius 3 is 0.785 bits per heavy atom. The summed E-state index contributed by atoms with van der Waals surface area (Å²) in [6.07, 6.45) is 63.0. The van der Waals surface area contributed by atoms with Gasteiger partial charge in [0.2, 0.25) is 0 Å².